The highest BCUT2D eigenvalue weighted by Crippen LogP contribution is 2.34. The van der Waals surface area contributed by atoms with E-state index in [2.05, 4.69) is 27.4 Å². The fourth-order valence-electron chi connectivity index (χ4n) is 5.16. The highest BCUT2D eigenvalue weighted by atomic mass is 16.5. The van der Waals surface area contributed by atoms with Crippen molar-refractivity contribution >= 4 is 22.9 Å². The van der Waals surface area contributed by atoms with Crippen LogP contribution in [-0.2, 0) is 28.8 Å². The lowest BCUT2D eigenvalue weighted by atomic mass is 9.79. The molecule has 3 aromatic heterocycles. The Morgan fingerprint density at radius 1 is 1.17 bits per heavy atom. The van der Waals surface area contributed by atoms with Gasteiger partial charge in [-0.05, 0) is 81.0 Å². The summed E-state index contributed by atoms with van der Waals surface area (Å²) in [5, 5.41) is 12.2. The molecule has 1 amide bonds. The predicted molar refractivity (Wildman–Crippen MR) is 131 cm³/mol. The maximum absolute atomic E-state index is 12.7. The van der Waals surface area contributed by atoms with E-state index >= 15 is 0 Å². The summed E-state index contributed by atoms with van der Waals surface area (Å²) in [6, 6.07) is 6.79. The first-order chi connectivity index (χ1) is 17.1. The zero-order valence-corrected chi connectivity index (χ0v) is 19.8. The van der Waals surface area contributed by atoms with E-state index in [1.807, 2.05) is 0 Å². The van der Waals surface area contributed by atoms with Crippen LogP contribution in [0.2, 0.25) is 0 Å². The highest BCUT2D eigenvalue weighted by molar-refractivity contribution is 6.05. The highest BCUT2D eigenvalue weighted by Gasteiger charge is 2.30. The van der Waals surface area contributed by atoms with Gasteiger partial charge in [0.15, 0.2) is 0 Å². The molecule has 0 saturated heterocycles. The van der Waals surface area contributed by atoms with E-state index in [0.29, 0.717) is 29.1 Å². The third-order valence-electron chi connectivity index (χ3n) is 7.29. The maximum atomic E-state index is 12.7. The SMILES string of the molecule is O=C(NC(CCOC1CC(CCc2ccc3c(n2)CCCC3)C1)C(=O)O)c1ccnc2cc[nH]c12. The molecule has 1 atom stereocenters. The fraction of sp³-hybridized carbons (Fsp3) is 0.481. The second kappa shape index (κ2) is 10.6. The van der Waals surface area contributed by atoms with E-state index in [0.717, 1.165) is 38.5 Å². The third-order valence-corrected chi connectivity index (χ3v) is 7.29. The van der Waals surface area contributed by atoms with Gasteiger partial charge in [0.2, 0.25) is 0 Å². The van der Waals surface area contributed by atoms with Crippen LogP contribution in [0, 0.1) is 5.92 Å². The Labute approximate surface area is 204 Å². The monoisotopic (exact) mass is 476 g/mol. The Hall–Kier alpha value is -3.26. The number of nitrogens with one attached hydrogen (secondary N) is 2. The molecule has 0 radical (unpaired) electrons. The van der Waals surface area contributed by atoms with Gasteiger partial charge in [-0.25, -0.2) is 4.79 Å². The molecule has 3 aromatic rings. The Kier molecular flexibility index (Phi) is 7.08. The number of rotatable bonds is 10. The number of aliphatic carboxylic acids is 1. The molecule has 2 aliphatic rings. The Morgan fingerprint density at radius 3 is 2.89 bits per heavy atom. The van der Waals surface area contributed by atoms with E-state index in [-0.39, 0.29) is 12.5 Å². The van der Waals surface area contributed by atoms with Crippen LogP contribution in [0.5, 0.6) is 0 Å². The van der Waals surface area contributed by atoms with Crippen LogP contribution in [0.4, 0.5) is 0 Å². The minimum absolute atomic E-state index is 0.167. The standard InChI is InChI=1S/C27H32N4O4/c32-26(21-9-12-28-23-10-13-29-25(21)23)31-24(27(33)34)11-14-35-20-15-17(16-20)5-7-19-8-6-18-3-1-2-4-22(18)30-19/h6,8-10,12-13,17,20,24,29H,1-5,7,11,14-16H2,(H,31,32)(H,33,34). The van der Waals surface area contributed by atoms with Crippen LogP contribution < -0.4 is 5.32 Å². The van der Waals surface area contributed by atoms with Crippen LogP contribution >= 0.6 is 0 Å². The van der Waals surface area contributed by atoms with Gasteiger partial charge in [-0.15, -0.1) is 0 Å². The number of carboxylic acids is 1. The van der Waals surface area contributed by atoms with Crippen LogP contribution in [0.25, 0.3) is 11.0 Å². The minimum Gasteiger partial charge on any atom is -0.480 e. The number of carbonyl (C=O) groups excluding carboxylic acids is 1. The van der Waals surface area contributed by atoms with E-state index < -0.39 is 17.9 Å². The van der Waals surface area contributed by atoms with Crippen LogP contribution in [0.1, 0.15) is 65.8 Å². The molecule has 0 bridgehead atoms. The zero-order chi connectivity index (χ0) is 24.2. The van der Waals surface area contributed by atoms with Crippen molar-refractivity contribution in [1.82, 2.24) is 20.3 Å². The normalized spacial score (nSPS) is 20.1. The molecule has 0 spiro atoms. The first kappa shape index (κ1) is 23.5. The van der Waals surface area contributed by atoms with Crippen molar-refractivity contribution in [2.45, 2.75) is 69.9 Å². The summed E-state index contributed by atoms with van der Waals surface area (Å²) >= 11 is 0. The third kappa shape index (κ3) is 5.53. The Balaban J connectivity index is 1.03. The first-order valence-corrected chi connectivity index (χ1v) is 12.6. The van der Waals surface area contributed by atoms with Gasteiger partial charge in [0, 0.05) is 36.8 Å². The summed E-state index contributed by atoms with van der Waals surface area (Å²) in [5.41, 5.74) is 5.55. The molecule has 8 nitrogen and oxygen atoms in total. The number of fused-ring (bicyclic) bond motifs is 2. The number of amides is 1. The smallest absolute Gasteiger partial charge is 0.326 e. The van der Waals surface area contributed by atoms with Crippen molar-refractivity contribution in [2.75, 3.05) is 6.61 Å². The summed E-state index contributed by atoms with van der Waals surface area (Å²) < 4.78 is 5.91. The maximum Gasteiger partial charge on any atom is 0.326 e. The quantitative estimate of drug-likeness (QED) is 0.409. The van der Waals surface area contributed by atoms with E-state index in [1.54, 1.807) is 24.5 Å². The predicted octanol–water partition coefficient (Wildman–Crippen LogP) is 3.84. The molecule has 3 heterocycles. The fourth-order valence-corrected chi connectivity index (χ4v) is 5.16. The molecule has 1 saturated carbocycles. The summed E-state index contributed by atoms with van der Waals surface area (Å²) in [7, 11) is 0. The van der Waals surface area contributed by atoms with Crippen molar-refractivity contribution < 1.29 is 19.4 Å². The lowest BCUT2D eigenvalue weighted by Gasteiger charge is -2.35. The zero-order valence-electron chi connectivity index (χ0n) is 19.8. The van der Waals surface area contributed by atoms with Gasteiger partial charge >= 0.3 is 5.97 Å². The van der Waals surface area contributed by atoms with Gasteiger partial charge in [0.05, 0.1) is 22.7 Å². The van der Waals surface area contributed by atoms with Gasteiger partial charge in [0.25, 0.3) is 5.91 Å². The van der Waals surface area contributed by atoms with E-state index in [1.165, 1.54) is 29.8 Å². The molecule has 0 aromatic carbocycles. The molecule has 184 valence electrons. The first-order valence-electron chi connectivity index (χ1n) is 12.6. The second-order valence-electron chi connectivity index (χ2n) is 9.73. The van der Waals surface area contributed by atoms with Crippen LogP contribution in [0.15, 0.2) is 36.7 Å². The molecule has 8 heteroatoms. The Bertz CT molecular complexity index is 1200. The number of hydrogen-bond acceptors (Lipinski definition) is 5. The number of aromatic amines is 1. The molecular formula is C27H32N4O4. The Morgan fingerprint density at radius 2 is 2.03 bits per heavy atom. The number of aromatic nitrogens is 3. The molecule has 1 unspecified atom stereocenters. The number of ether oxygens (including phenoxy) is 1. The lowest BCUT2D eigenvalue weighted by Crippen LogP contribution is -2.42. The number of H-pyrrole nitrogens is 1. The summed E-state index contributed by atoms with van der Waals surface area (Å²) in [6.45, 7) is 0.301. The van der Waals surface area contributed by atoms with Gasteiger partial charge in [0.1, 0.15) is 6.04 Å². The molecule has 5 rings (SSSR count). The van der Waals surface area contributed by atoms with Gasteiger partial charge in [-0.3, -0.25) is 14.8 Å². The molecule has 1 fully saturated rings. The second-order valence-corrected chi connectivity index (χ2v) is 9.73. The topological polar surface area (TPSA) is 117 Å². The van der Waals surface area contributed by atoms with Gasteiger partial charge < -0.3 is 20.1 Å². The number of nitrogens with zero attached hydrogens (tertiary/aromatic N) is 2. The van der Waals surface area contributed by atoms with Gasteiger partial charge in [-0.2, -0.15) is 0 Å². The van der Waals surface area contributed by atoms with Crippen molar-refractivity contribution in [3.05, 3.63) is 59.2 Å². The van der Waals surface area contributed by atoms with Crippen LogP contribution in [0.3, 0.4) is 0 Å². The van der Waals surface area contributed by atoms with E-state index in [9.17, 15) is 14.7 Å². The number of carbonyl (C=O) groups is 2. The average molecular weight is 477 g/mol. The average Bonchev–Trinajstić information content (AvgIpc) is 3.32. The summed E-state index contributed by atoms with van der Waals surface area (Å²) in [5.74, 6) is -0.878. The van der Waals surface area contributed by atoms with Crippen molar-refractivity contribution in [2.24, 2.45) is 5.92 Å². The summed E-state index contributed by atoms with van der Waals surface area (Å²) in [4.78, 5) is 36.4. The van der Waals surface area contributed by atoms with Crippen molar-refractivity contribution in [3.8, 4) is 0 Å². The lowest BCUT2D eigenvalue weighted by molar-refractivity contribution is -0.140. The molecular weight excluding hydrogens is 444 g/mol. The summed E-state index contributed by atoms with van der Waals surface area (Å²) in [6.07, 6.45) is 12.5. The van der Waals surface area contributed by atoms with Gasteiger partial charge in [-0.1, -0.05) is 6.07 Å². The number of aryl methyl sites for hydroxylation is 3. The molecule has 35 heavy (non-hydrogen) atoms. The molecule has 2 aliphatic carbocycles. The number of hydrogen-bond donors (Lipinski definition) is 3. The van der Waals surface area contributed by atoms with Crippen molar-refractivity contribution in [3.63, 3.8) is 0 Å². The largest absolute Gasteiger partial charge is 0.480 e. The van der Waals surface area contributed by atoms with Crippen molar-refractivity contribution in [1.29, 1.82) is 0 Å². The van der Waals surface area contributed by atoms with Crippen LogP contribution in [-0.4, -0.2) is 50.7 Å². The number of pyridine rings is 2. The van der Waals surface area contributed by atoms with E-state index in [4.69, 9.17) is 9.72 Å². The molecule has 3 N–H and O–H groups in total. The molecule has 0 aliphatic heterocycles. The number of carboxylic acid groups (broad SMARTS) is 1. The minimum atomic E-state index is -1.07.